The van der Waals surface area contributed by atoms with Crippen molar-refractivity contribution in [2.45, 2.75) is 44.8 Å². The Labute approximate surface area is 112 Å². The fourth-order valence-electron chi connectivity index (χ4n) is 3.20. The minimum atomic E-state index is -4.34. The molecule has 0 aromatic heterocycles. The van der Waals surface area contributed by atoms with E-state index < -0.39 is 17.3 Å². The van der Waals surface area contributed by atoms with Crippen LogP contribution in [-0.4, -0.2) is 0 Å². The molecule has 0 radical (unpaired) electrons. The van der Waals surface area contributed by atoms with Gasteiger partial charge in [-0.25, -0.2) is 0 Å². The largest absolute Gasteiger partial charge is 0.416 e. The summed E-state index contributed by atoms with van der Waals surface area (Å²) in [6, 6.07) is 5.74. The Morgan fingerprint density at radius 3 is 2.42 bits per heavy atom. The normalized spacial score (nSPS) is 32.3. The molecule has 0 heterocycles. The number of hydrogen-bond acceptors (Lipinski definition) is 1. The summed E-state index contributed by atoms with van der Waals surface area (Å²) in [6.07, 6.45) is -1.97. The lowest BCUT2D eigenvalue weighted by Crippen LogP contribution is -2.47. The molecule has 0 bridgehead atoms. The molecule has 0 saturated heterocycles. The first-order valence-electron chi connectivity index (χ1n) is 6.70. The Bertz CT molecular complexity index is 455. The van der Waals surface area contributed by atoms with Crippen molar-refractivity contribution >= 4 is 0 Å². The average Bonchev–Trinajstić information content (AvgIpc) is 2.33. The van der Waals surface area contributed by atoms with Gasteiger partial charge in [0, 0.05) is 5.54 Å². The fraction of sp³-hybridized carbons (Fsp3) is 0.600. The molecule has 1 aromatic carbocycles. The first-order chi connectivity index (χ1) is 8.75. The molecule has 3 unspecified atom stereocenters. The second-order valence-corrected chi connectivity index (χ2v) is 5.86. The highest BCUT2D eigenvalue weighted by atomic mass is 19.4. The summed E-state index contributed by atoms with van der Waals surface area (Å²) in [7, 11) is 0. The van der Waals surface area contributed by atoms with E-state index in [-0.39, 0.29) is 11.5 Å². The molecule has 1 aliphatic carbocycles. The highest BCUT2D eigenvalue weighted by Crippen LogP contribution is 2.45. The van der Waals surface area contributed by atoms with Crippen molar-refractivity contribution in [2.24, 2.45) is 17.6 Å². The summed E-state index contributed by atoms with van der Waals surface area (Å²) in [5, 5.41) is 0. The molecule has 2 rings (SSSR count). The lowest BCUT2D eigenvalue weighted by molar-refractivity contribution is -0.139. The highest BCUT2D eigenvalue weighted by Gasteiger charge is 2.44. The third-order valence-electron chi connectivity index (χ3n) is 4.42. The summed E-state index contributed by atoms with van der Waals surface area (Å²) in [6.45, 7) is 4.09. The Balaban J connectivity index is 2.46. The molecule has 0 spiro atoms. The van der Waals surface area contributed by atoms with E-state index in [2.05, 4.69) is 6.92 Å². The van der Waals surface area contributed by atoms with E-state index in [0.29, 0.717) is 12.3 Å². The number of nitrogens with two attached hydrogens (primary N) is 1. The van der Waals surface area contributed by atoms with Gasteiger partial charge in [-0.2, -0.15) is 13.2 Å². The van der Waals surface area contributed by atoms with Gasteiger partial charge in [-0.3, -0.25) is 0 Å². The van der Waals surface area contributed by atoms with Crippen LogP contribution >= 0.6 is 0 Å². The second kappa shape index (κ2) is 4.82. The maximum atomic E-state index is 13.1. The van der Waals surface area contributed by atoms with Crippen molar-refractivity contribution < 1.29 is 13.2 Å². The SMILES string of the molecule is CC1CCC(N)(c2ccccc2C(F)(F)F)C(C)C1. The highest BCUT2D eigenvalue weighted by molar-refractivity contribution is 5.36. The van der Waals surface area contributed by atoms with Crippen LogP contribution < -0.4 is 5.73 Å². The minimum Gasteiger partial charge on any atom is -0.321 e. The zero-order valence-electron chi connectivity index (χ0n) is 11.3. The van der Waals surface area contributed by atoms with Gasteiger partial charge in [0.05, 0.1) is 5.56 Å². The molecule has 1 nitrogen and oxygen atoms in total. The topological polar surface area (TPSA) is 26.0 Å². The Kier molecular flexibility index (Phi) is 3.65. The predicted octanol–water partition coefficient (Wildman–Crippen LogP) is 4.32. The zero-order chi connectivity index (χ0) is 14.3. The number of rotatable bonds is 1. The van der Waals surface area contributed by atoms with E-state index in [9.17, 15) is 13.2 Å². The maximum absolute atomic E-state index is 13.1. The van der Waals surface area contributed by atoms with Crippen LogP contribution in [-0.2, 0) is 11.7 Å². The van der Waals surface area contributed by atoms with Crippen LogP contribution in [0.3, 0.4) is 0 Å². The molecule has 3 atom stereocenters. The molecular formula is C15H20F3N. The van der Waals surface area contributed by atoms with Gasteiger partial charge in [0.25, 0.3) is 0 Å². The van der Waals surface area contributed by atoms with Gasteiger partial charge in [-0.15, -0.1) is 0 Å². The standard InChI is InChI=1S/C15H20F3N/c1-10-7-8-14(19,11(2)9-10)12-5-3-4-6-13(12)15(16,17)18/h3-6,10-11H,7-9,19H2,1-2H3. The van der Waals surface area contributed by atoms with Gasteiger partial charge in [0.15, 0.2) is 0 Å². The van der Waals surface area contributed by atoms with Crippen molar-refractivity contribution in [2.75, 3.05) is 0 Å². The van der Waals surface area contributed by atoms with E-state index in [4.69, 9.17) is 5.73 Å². The Morgan fingerprint density at radius 2 is 1.84 bits per heavy atom. The van der Waals surface area contributed by atoms with Crippen LogP contribution in [0.5, 0.6) is 0 Å². The number of benzene rings is 1. The van der Waals surface area contributed by atoms with Crippen LogP contribution in [0.4, 0.5) is 13.2 Å². The minimum absolute atomic E-state index is 0.0553. The van der Waals surface area contributed by atoms with Crippen LogP contribution in [0.1, 0.15) is 44.2 Å². The molecular weight excluding hydrogens is 251 g/mol. The average molecular weight is 271 g/mol. The fourth-order valence-corrected chi connectivity index (χ4v) is 3.20. The first-order valence-corrected chi connectivity index (χ1v) is 6.70. The van der Waals surface area contributed by atoms with Crippen LogP contribution in [0.2, 0.25) is 0 Å². The monoisotopic (exact) mass is 271 g/mol. The third-order valence-corrected chi connectivity index (χ3v) is 4.42. The van der Waals surface area contributed by atoms with E-state index in [0.717, 1.165) is 18.9 Å². The van der Waals surface area contributed by atoms with Gasteiger partial charge in [0.1, 0.15) is 0 Å². The van der Waals surface area contributed by atoms with E-state index in [1.165, 1.54) is 12.1 Å². The summed E-state index contributed by atoms with van der Waals surface area (Å²) in [5.41, 5.74) is 5.19. The van der Waals surface area contributed by atoms with Crippen LogP contribution in [0, 0.1) is 11.8 Å². The van der Waals surface area contributed by atoms with E-state index >= 15 is 0 Å². The zero-order valence-corrected chi connectivity index (χ0v) is 11.3. The molecule has 1 fully saturated rings. The van der Waals surface area contributed by atoms with Crippen molar-refractivity contribution in [1.29, 1.82) is 0 Å². The molecule has 0 aliphatic heterocycles. The molecule has 1 aromatic rings. The van der Waals surface area contributed by atoms with Crippen LogP contribution in [0.15, 0.2) is 24.3 Å². The Morgan fingerprint density at radius 1 is 1.21 bits per heavy atom. The third kappa shape index (κ3) is 2.64. The number of alkyl halides is 3. The van der Waals surface area contributed by atoms with Crippen LogP contribution in [0.25, 0.3) is 0 Å². The molecule has 2 N–H and O–H groups in total. The molecule has 106 valence electrons. The lowest BCUT2D eigenvalue weighted by Gasteiger charge is -2.43. The summed E-state index contributed by atoms with van der Waals surface area (Å²) in [4.78, 5) is 0. The van der Waals surface area contributed by atoms with E-state index in [1.54, 1.807) is 6.07 Å². The summed E-state index contributed by atoms with van der Waals surface area (Å²) >= 11 is 0. The molecule has 1 aliphatic rings. The maximum Gasteiger partial charge on any atom is 0.416 e. The van der Waals surface area contributed by atoms with E-state index in [1.807, 2.05) is 6.92 Å². The predicted molar refractivity (Wildman–Crippen MR) is 69.5 cm³/mol. The van der Waals surface area contributed by atoms with Crippen molar-refractivity contribution in [3.8, 4) is 0 Å². The Hall–Kier alpha value is -1.03. The smallest absolute Gasteiger partial charge is 0.321 e. The molecule has 4 heteroatoms. The van der Waals surface area contributed by atoms with Gasteiger partial charge in [-0.1, -0.05) is 32.0 Å². The second-order valence-electron chi connectivity index (χ2n) is 5.86. The van der Waals surface area contributed by atoms with Gasteiger partial charge in [0.2, 0.25) is 0 Å². The van der Waals surface area contributed by atoms with Crippen molar-refractivity contribution in [3.05, 3.63) is 35.4 Å². The van der Waals surface area contributed by atoms with Crippen molar-refractivity contribution in [1.82, 2.24) is 0 Å². The molecule has 1 saturated carbocycles. The van der Waals surface area contributed by atoms with Gasteiger partial charge in [-0.05, 0) is 42.7 Å². The summed E-state index contributed by atoms with van der Waals surface area (Å²) in [5.74, 6) is 0.587. The molecule has 0 amide bonds. The summed E-state index contributed by atoms with van der Waals surface area (Å²) < 4.78 is 39.4. The number of hydrogen-bond donors (Lipinski definition) is 1. The first kappa shape index (κ1) is 14.4. The van der Waals surface area contributed by atoms with Crippen molar-refractivity contribution in [3.63, 3.8) is 0 Å². The van der Waals surface area contributed by atoms with Gasteiger partial charge >= 0.3 is 6.18 Å². The van der Waals surface area contributed by atoms with Gasteiger partial charge < -0.3 is 5.73 Å². The quantitative estimate of drug-likeness (QED) is 0.809. The molecule has 19 heavy (non-hydrogen) atoms. The number of halogens is 3. The lowest BCUT2D eigenvalue weighted by atomic mass is 9.66.